The molecule has 2 rings (SSSR count). The van der Waals surface area contributed by atoms with Gasteiger partial charge < -0.3 is 10.0 Å². The summed E-state index contributed by atoms with van der Waals surface area (Å²) in [5.74, 6) is -1.90. The summed E-state index contributed by atoms with van der Waals surface area (Å²) in [5.41, 5.74) is -0.229. The van der Waals surface area contributed by atoms with Gasteiger partial charge in [0.05, 0.1) is 11.1 Å². The fraction of sp³-hybridized carbons (Fsp3) is 0.467. The number of rotatable bonds is 4. The van der Waals surface area contributed by atoms with E-state index in [9.17, 15) is 14.0 Å². The van der Waals surface area contributed by atoms with Gasteiger partial charge in [0, 0.05) is 13.6 Å². The predicted molar refractivity (Wildman–Crippen MR) is 72.3 cm³/mol. The van der Waals surface area contributed by atoms with Crippen LogP contribution >= 0.6 is 0 Å². The van der Waals surface area contributed by atoms with Gasteiger partial charge >= 0.3 is 5.97 Å². The fourth-order valence-corrected chi connectivity index (χ4v) is 2.69. The van der Waals surface area contributed by atoms with Crippen LogP contribution in [0.25, 0.3) is 0 Å². The molecule has 1 saturated carbocycles. The van der Waals surface area contributed by atoms with Gasteiger partial charge in [-0.3, -0.25) is 4.79 Å². The second-order valence-corrected chi connectivity index (χ2v) is 5.34. The summed E-state index contributed by atoms with van der Waals surface area (Å²) in [6.45, 7) is 0.624. The molecule has 1 aliphatic rings. The van der Waals surface area contributed by atoms with Gasteiger partial charge in [0.2, 0.25) is 0 Å². The molecular formula is C15H18FNO3. The number of carbonyl (C=O) groups is 2. The molecule has 0 heterocycles. The SMILES string of the molecule is CN(CC1CCCC1)C(=O)c1ccc(C(=O)O)cc1F. The molecule has 0 spiro atoms. The minimum absolute atomic E-state index is 0.0736. The first-order valence-corrected chi connectivity index (χ1v) is 6.77. The van der Waals surface area contributed by atoms with E-state index in [1.807, 2.05) is 0 Å². The largest absolute Gasteiger partial charge is 0.478 e. The molecule has 1 aliphatic carbocycles. The van der Waals surface area contributed by atoms with Crippen LogP contribution < -0.4 is 0 Å². The van der Waals surface area contributed by atoms with Gasteiger partial charge in [-0.25, -0.2) is 9.18 Å². The molecule has 1 aromatic rings. The highest BCUT2D eigenvalue weighted by Gasteiger charge is 2.22. The molecule has 4 nitrogen and oxygen atoms in total. The molecule has 0 aliphatic heterocycles. The van der Waals surface area contributed by atoms with Crippen LogP contribution in [0.15, 0.2) is 18.2 Å². The summed E-state index contributed by atoms with van der Waals surface area (Å²) in [7, 11) is 1.66. The van der Waals surface area contributed by atoms with E-state index in [4.69, 9.17) is 5.11 Å². The Balaban J connectivity index is 2.09. The number of hydrogen-bond acceptors (Lipinski definition) is 2. The van der Waals surface area contributed by atoms with Gasteiger partial charge in [-0.1, -0.05) is 12.8 Å². The van der Waals surface area contributed by atoms with Gasteiger partial charge in [-0.05, 0) is 37.0 Å². The number of hydrogen-bond donors (Lipinski definition) is 1. The number of benzene rings is 1. The zero-order valence-electron chi connectivity index (χ0n) is 11.4. The van der Waals surface area contributed by atoms with Gasteiger partial charge in [0.15, 0.2) is 0 Å². The first kappa shape index (κ1) is 14.5. The van der Waals surface area contributed by atoms with E-state index in [1.54, 1.807) is 7.05 Å². The van der Waals surface area contributed by atoms with Gasteiger partial charge in [0.1, 0.15) is 5.82 Å². The molecule has 0 radical (unpaired) electrons. The van der Waals surface area contributed by atoms with Crippen molar-refractivity contribution in [2.24, 2.45) is 5.92 Å². The van der Waals surface area contributed by atoms with Crippen molar-refractivity contribution in [3.63, 3.8) is 0 Å². The molecule has 1 amide bonds. The molecule has 0 saturated heterocycles. The van der Waals surface area contributed by atoms with Crippen molar-refractivity contribution in [2.75, 3.05) is 13.6 Å². The summed E-state index contributed by atoms with van der Waals surface area (Å²) in [5, 5.41) is 8.78. The first-order chi connectivity index (χ1) is 9.49. The number of halogens is 1. The lowest BCUT2D eigenvalue weighted by atomic mass is 10.1. The molecule has 20 heavy (non-hydrogen) atoms. The molecule has 1 N–H and O–H groups in total. The molecule has 5 heteroatoms. The summed E-state index contributed by atoms with van der Waals surface area (Å²) in [6.07, 6.45) is 4.60. The minimum atomic E-state index is -1.21. The fourth-order valence-electron chi connectivity index (χ4n) is 2.69. The van der Waals surface area contributed by atoms with Crippen molar-refractivity contribution in [3.05, 3.63) is 35.1 Å². The first-order valence-electron chi connectivity index (χ1n) is 6.77. The maximum Gasteiger partial charge on any atom is 0.335 e. The van der Waals surface area contributed by atoms with E-state index in [0.29, 0.717) is 12.5 Å². The summed E-state index contributed by atoms with van der Waals surface area (Å²) < 4.78 is 13.8. The topological polar surface area (TPSA) is 57.6 Å². The monoisotopic (exact) mass is 279 g/mol. The van der Waals surface area contributed by atoms with Crippen molar-refractivity contribution >= 4 is 11.9 Å². The molecule has 0 atom stereocenters. The summed E-state index contributed by atoms with van der Waals surface area (Å²) >= 11 is 0. The standard InChI is InChI=1S/C15H18FNO3/c1-17(9-10-4-2-3-5-10)14(18)12-7-6-11(15(19)20)8-13(12)16/h6-8,10H,2-5,9H2,1H3,(H,19,20). The molecule has 108 valence electrons. The van der Waals surface area contributed by atoms with Crippen molar-refractivity contribution in [1.82, 2.24) is 4.90 Å². The highest BCUT2D eigenvalue weighted by Crippen LogP contribution is 2.25. The molecule has 0 aromatic heterocycles. The highest BCUT2D eigenvalue weighted by molar-refractivity contribution is 5.96. The Morgan fingerprint density at radius 2 is 2.00 bits per heavy atom. The van der Waals surface area contributed by atoms with Crippen LogP contribution in [0.2, 0.25) is 0 Å². The third-order valence-corrected chi connectivity index (χ3v) is 3.80. The number of amides is 1. The Morgan fingerprint density at radius 1 is 1.35 bits per heavy atom. The van der Waals surface area contributed by atoms with Crippen molar-refractivity contribution in [2.45, 2.75) is 25.7 Å². The van der Waals surface area contributed by atoms with E-state index >= 15 is 0 Å². The number of aromatic carboxylic acids is 1. The zero-order valence-corrected chi connectivity index (χ0v) is 11.4. The normalized spacial score (nSPS) is 15.3. The molecule has 1 aromatic carbocycles. The van der Waals surface area contributed by atoms with E-state index in [-0.39, 0.29) is 11.1 Å². The number of nitrogens with zero attached hydrogens (tertiary/aromatic N) is 1. The lowest BCUT2D eigenvalue weighted by molar-refractivity contribution is 0.0693. The van der Waals surface area contributed by atoms with Crippen molar-refractivity contribution < 1.29 is 19.1 Å². The predicted octanol–water partition coefficient (Wildman–Crippen LogP) is 2.79. The number of carbonyl (C=O) groups excluding carboxylic acids is 1. The Bertz CT molecular complexity index is 524. The van der Waals surface area contributed by atoms with Crippen LogP contribution in [0.4, 0.5) is 4.39 Å². The third-order valence-electron chi connectivity index (χ3n) is 3.80. The van der Waals surface area contributed by atoms with Crippen LogP contribution in [0, 0.1) is 11.7 Å². The molecular weight excluding hydrogens is 261 g/mol. The Kier molecular flexibility index (Phi) is 4.37. The number of carboxylic acid groups (broad SMARTS) is 1. The van der Waals surface area contributed by atoms with Crippen LogP contribution in [-0.4, -0.2) is 35.5 Å². The van der Waals surface area contributed by atoms with Gasteiger partial charge in [-0.15, -0.1) is 0 Å². The van der Waals surface area contributed by atoms with Crippen LogP contribution in [0.1, 0.15) is 46.4 Å². The van der Waals surface area contributed by atoms with Crippen molar-refractivity contribution in [1.29, 1.82) is 0 Å². The minimum Gasteiger partial charge on any atom is -0.478 e. The average molecular weight is 279 g/mol. The lowest BCUT2D eigenvalue weighted by Gasteiger charge is -2.21. The van der Waals surface area contributed by atoms with E-state index in [2.05, 4.69) is 0 Å². The van der Waals surface area contributed by atoms with Crippen LogP contribution in [0.5, 0.6) is 0 Å². The molecule has 1 fully saturated rings. The van der Waals surface area contributed by atoms with E-state index < -0.39 is 17.7 Å². The number of carboxylic acids is 1. The smallest absolute Gasteiger partial charge is 0.335 e. The van der Waals surface area contributed by atoms with Gasteiger partial charge in [-0.2, -0.15) is 0 Å². The Morgan fingerprint density at radius 3 is 2.55 bits per heavy atom. The van der Waals surface area contributed by atoms with E-state index in [1.165, 1.54) is 29.9 Å². The summed E-state index contributed by atoms with van der Waals surface area (Å²) in [6, 6.07) is 3.38. The summed E-state index contributed by atoms with van der Waals surface area (Å²) in [4.78, 5) is 24.4. The lowest BCUT2D eigenvalue weighted by Crippen LogP contribution is -2.31. The van der Waals surface area contributed by atoms with Crippen LogP contribution in [0.3, 0.4) is 0 Å². The van der Waals surface area contributed by atoms with Crippen LogP contribution in [-0.2, 0) is 0 Å². The molecule has 0 bridgehead atoms. The second-order valence-electron chi connectivity index (χ2n) is 5.34. The van der Waals surface area contributed by atoms with Gasteiger partial charge in [0.25, 0.3) is 5.91 Å². The van der Waals surface area contributed by atoms with E-state index in [0.717, 1.165) is 18.9 Å². The van der Waals surface area contributed by atoms with Crippen molar-refractivity contribution in [3.8, 4) is 0 Å². The second kappa shape index (κ2) is 6.03. The maximum absolute atomic E-state index is 13.8. The third kappa shape index (κ3) is 3.15. The molecule has 0 unspecified atom stereocenters. The Labute approximate surface area is 117 Å². The Hall–Kier alpha value is -1.91. The zero-order chi connectivity index (χ0) is 14.7. The maximum atomic E-state index is 13.8. The average Bonchev–Trinajstić information content (AvgIpc) is 2.90. The highest BCUT2D eigenvalue weighted by atomic mass is 19.1. The quantitative estimate of drug-likeness (QED) is 0.922.